The normalized spacial score (nSPS) is 32.8. The molecule has 0 aromatic heterocycles. The third-order valence-corrected chi connectivity index (χ3v) is 4.76. The van der Waals surface area contributed by atoms with Crippen LogP contribution in [0.15, 0.2) is 0 Å². The number of nitrogens with zero attached hydrogens (tertiary/aromatic N) is 1. The maximum Gasteiger partial charge on any atom is 0.226 e. The first-order valence-electron chi connectivity index (χ1n) is 7.24. The lowest BCUT2D eigenvalue weighted by Crippen LogP contribution is -2.44. The number of hydrogen-bond donors (Lipinski definition) is 1. The third kappa shape index (κ3) is 2.83. The van der Waals surface area contributed by atoms with Crippen LogP contribution < -0.4 is 5.73 Å². The van der Waals surface area contributed by atoms with Crippen molar-refractivity contribution in [3.8, 4) is 0 Å². The van der Waals surface area contributed by atoms with Crippen LogP contribution in [-0.4, -0.2) is 28.9 Å². The molecule has 3 nitrogen and oxygen atoms in total. The Morgan fingerprint density at radius 2 is 1.83 bits per heavy atom. The predicted molar refractivity (Wildman–Crippen MR) is 74.6 cm³/mol. The molecule has 0 aliphatic heterocycles. The van der Waals surface area contributed by atoms with Crippen LogP contribution in [-0.2, 0) is 4.79 Å². The highest BCUT2D eigenvalue weighted by molar-refractivity contribution is 5.85. The summed E-state index contributed by atoms with van der Waals surface area (Å²) in [4.78, 5) is 14.9. The van der Waals surface area contributed by atoms with Crippen molar-refractivity contribution in [2.45, 2.75) is 70.0 Å². The SMILES string of the molecule is CC(C1CC1)N(C(=O)C1CCC(N)C1)C1CC1.Cl. The lowest BCUT2D eigenvalue weighted by molar-refractivity contribution is -0.138. The Hall–Kier alpha value is -0.280. The molecule has 0 spiro atoms. The van der Waals surface area contributed by atoms with Crippen molar-refractivity contribution >= 4 is 18.3 Å². The van der Waals surface area contributed by atoms with Gasteiger partial charge in [0.15, 0.2) is 0 Å². The molecule has 104 valence electrons. The van der Waals surface area contributed by atoms with Gasteiger partial charge in [-0.1, -0.05) is 0 Å². The van der Waals surface area contributed by atoms with Crippen LogP contribution in [0.1, 0.15) is 51.9 Å². The fourth-order valence-corrected chi connectivity index (χ4v) is 3.32. The first kappa shape index (κ1) is 14.1. The number of hydrogen-bond acceptors (Lipinski definition) is 2. The minimum Gasteiger partial charge on any atom is -0.336 e. The van der Waals surface area contributed by atoms with Gasteiger partial charge in [-0.25, -0.2) is 0 Å². The highest BCUT2D eigenvalue weighted by Crippen LogP contribution is 2.41. The van der Waals surface area contributed by atoms with E-state index in [1.807, 2.05) is 0 Å². The minimum absolute atomic E-state index is 0. The average molecular weight is 273 g/mol. The molecule has 0 heterocycles. The molecular weight excluding hydrogens is 248 g/mol. The van der Waals surface area contributed by atoms with Gasteiger partial charge in [-0.3, -0.25) is 4.79 Å². The van der Waals surface area contributed by atoms with Crippen molar-refractivity contribution in [1.82, 2.24) is 4.90 Å². The lowest BCUT2D eigenvalue weighted by Gasteiger charge is -2.32. The number of carbonyl (C=O) groups is 1. The summed E-state index contributed by atoms with van der Waals surface area (Å²) < 4.78 is 0. The van der Waals surface area contributed by atoms with Gasteiger partial charge in [-0.2, -0.15) is 0 Å². The summed E-state index contributed by atoms with van der Waals surface area (Å²) in [7, 11) is 0. The Bertz CT molecular complexity index is 315. The van der Waals surface area contributed by atoms with Gasteiger partial charge in [0.1, 0.15) is 0 Å². The number of carbonyl (C=O) groups excluding carboxylic acids is 1. The summed E-state index contributed by atoms with van der Waals surface area (Å²) in [5.41, 5.74) is 5.93. The zero-order chi connectivity index (χ0) is 12.0. The molecule has 3 aliphatic rings. The monoisotopic (exact) mass is 272 g/mol. The van der Waals surface area contributed by atoms with Gasteiger partial charge in [0.25, 0.3) is 0 Å². The second-order valence-corrected chi connectivity index (χ2v) is 6.32. The van der Waals surface area contributed by atoms with E-state index in [1.54, 1.807) is 0 Å². The van der Waals surface area contributed by atoms with Crippen molar-refractivity contribution < 1.29 is 4.79 Å². The van der Waals surface area contributed by atoms with Gasteiger partial charge in [-0.15, -0.1) is 12.4 Å². The van der Waals surface area contributed by atoms with E-state index in [2.05, 4.69) is 11.8 Å². The molecule has 18 heavy (non-hydrogen) atoms. The summed E-state index contributed by atoms with van der Waals surface area (Å²) in [6, 6.07) is 1.31. The van der Waals surface area contributed by atoms with Crippen molar-refractivity contribution in [2.24, 2.45) is 17.6 Å². The Balaban J connectivity index is 0.00000120. The molecular formula is C14H25ClN2O. The van der Waals surface area contributed by atoms with Crippen molar-refractivity contribution in [3.05, 3.63) is 0 Å². The van der Waals surface area contributed by atoms with Gasteiger partial charge >= 0.3 is 0 Å². The fraction of sp³-hybridized carbons (Fsp3) is 0.929. The third-order valence-electron chi connectivity index (χ3n) is 4.76. The van der Waals surface area contributed by atoms with E-state index >= 15 is 0 Å². The van der Waals surface area contributed by atoms with Crippen LogP contribution in [0, 0.1) is 11.8 Å². The first-order valence-corrected chi connectivity index (χ1v) is 7.24. The molecule has 1 amide bonds. The van der Waals surface area contributed by atoms with Gasteiger partial charge in [0, 0.05) is 24.0 Å². The summed E-state index contributed by atoms with van der Waals surface area (Å²) >= 11 is 0. The minimum atomic E-state index is 0. The largest absolute Gasteiger partial charge is 0.336 e. The molecule has 0 aromatic carbocycles. The molecule has 3 fully saturated rings. The van der Waals surface area contributed by atoms with Crippen molar-refractivity contribution in [1.29, 1.82) is 0 Å². The van der Waals surface area contributed by atoms with E-state index in [-0.39, 0.29) is 24.4 Å². The van der Waals surface area contributed by atoms with Gasteiger partial charge in [0.05, 0.1) is 0 Å². The average Bonchev–Trinajstić information content (AvgIpc) is 3.18. The zero-order valence-electron chi connectivity index (χ0n) is 11.2. The van der Waals surface area contributed by atoms with E-state index in [0.717, 1.165) is 25.2 Å². The number of nitrogens with two attached hydrogens (primary N) is 1. The zero-order valence-corrected chi connectivity index (χ0v) is 12.0. The highest BCUT2D eigenvalue weighted by Gasteiger charge is 2.44. The number of rotatable bonds is 4. The smallest absolute Gasteiger partial charge is 0.226 e. The second kappa shape index (κ2) is 5.38. The predicted octanol–water partition coefficient (Wildman–Crippen LogP) is 2.33. The Labute approximate surface area is 116 Å². The maximum atomic E-state index is 12.6. The molecule has 2 N–H and O–H groups in total. The van der Waals surface area contributed by atoms with Crippen LogP contribution in [0.3, 0.4) is 0 Å². The molecule has 0 aromatic rings. The summed E-state index contributed by atoms with van der Waals surface area (Å²) in [5.74, 6) is 1.43. The van der Waals surface area contributed by atoms with Gasteiger partial charge < -0.3 is 10.6 Å². The maximum absolute atomic E-state index is 12.6. The van der Waals surface area contributed by atoms with E-state index in [4.69, 9.17) is 5.73 Å². The topological polar surface area (TPSA) is 46.3 Å². The van der Waals surface area contributed by atoms with E-state index in [9.17, 15) is 4.79 Å². The second-order valence-electron chi connectivity index (χ2n) is 6.32. The summed E-state index contributed by atoms with van der Waals surface area (Å²) in [6.07, 6.45) is 8.06. The molecule has 3 aliphatic carbocycles. The Morgan fingerprint density at radius 1 is 1.17 bits per heavy atom. The summed E-state index contributed by atoms with van der Waals surface area (Å²) in [6.45, 7) is 2.25. The lowest BCUT2D eigenvalue weighted by atomic mass is 10.0. The standard InChI is InChI=1S/C14H24N2O.ClH/c1-9(10-2-3-10)16(13-6-7-13)14(17)11-4-5-12(15)8-11;/h9-13H,2-8,15H2,1H3;1H. The molecule has 4 heteroatoms. The molecule has 3 atom stereocenters. The van der Waals surface area contributed by atoms with Gasteiger partial charge in [-0.05, 0) is 57.8 Å². The molecule has 0 radical (unpaired) electrons. The summed E-state index contributed by atoms with van der Waals surface area (Å²) in [5, 5.41) is 0. The number of halogens is 1. The van der Waals surface area contributed by atoms with Crippen molar-refractivity contribution in [2.75, 3.05) is 0 Å². The molecule has 3 rings (SSSR count). The van der Waals surface area contributed by atoms with Gasteiger partial charge in [0.2, 0.25) is 5.91 Å². The van der Waals surface area contributed by atoms with Crippen LogP contribution >= 0.6 is 12.4 Å². The van der Waals surface area contributed by atoms with E-state index in [0.29, 0.717) is 18.0 Å². The van der Waals surface area contributed by atoms with E-state index < -0.39 is 0 Å². The van der Waals surface area contributed by atoms with Crippen molar-refractivity contribution in [3.63, 3.8) is 0 Å². The van der Waals surface area contributed by atoms with E-state index in [1.165, 1.54) is 25.7 Å². The molecule has 0 saturated heterocycles. The highest BCUT2D eigenvalue weighted by atomic mass is 35.5. The Morgan fingerprint density at radius 3 is 2.28 bits per heavy atom. The quantitative estimate of drug-likeness (QED) is 0.854. The fourth-order valence-electron chi connectivity index (χ4n) is 3.32. The molecule has 0 bridgehead atoms. The van der Waals surface area contributed by atoms with Crippen LogP contribution in [0.25, 0.3) is 0 Å². The first-order chi connectivity index (χ1) is 8.16. The Kier molecular flexibility index (Phi) is 4.22. The number of amides is 1. The van der Waals surface area contributed by atoms with Crippen LogP contribution in [0.2, 0.25) is 0 Å². The van der Waals surface area contributed by atoms with Crippen LogP contribution in [0.4, 0.5) is 0 Å². The van der Waals surface area contributed by atoms with Crippen LogP contribution in [0.5, 0.6) is 0 Å². The molecule has 3 saturated carbocycles. The molecule has 3 unspecified atom stereocenters.